The van der Waals surface area contributed by atoms with E-state index in [9.17, 15) is 20.1 Å². The van der Waals surface area contributed by atoms with Gasteiger partial charge in [-0.1, -0.05) is 96.5 Å². The second kappa shape index (κ2) is 18.6. The van der Waals surface area contributed by atoms with Gasteiger partial charge in [-0.2, -0.15) is 0 Å². The molecule has 0 amide bonds. The Morgan fingerprint density at radius 1 is 0.806 bits per heavy atom. The fourth-order valence-electron chi connectivity index (χ4n) is 4.35. The zero-order chi connectivity index (χ0) is 22.7. The Morgan fingerprint density at radius 2 is 1.32 bits per heavy atom. The van der Waals surface area contributed by atoms with Crippen LogP contribution in [0.3, 0.4) is 0 Å². The molecule has 0 aromatic rings. The average Bonchev–Trinajstić information content (AvgIpc) is 2.71. The second-order valence-corrected chi connectivity index (χ2v) is 9.40. The van der Waals surface area contributed by atoms with Crippen LogP contribution in [-0.2, 0) is 9.53 Å². The largest absolute Gasteiger partial charge is 0.459 e. The summed E-state index contributed by atoms with van der Waals surface area (Å²) in [4.78, 5) is 11.2. The third-order valence-electron chi connectivity index (χ3n) is 6.20. The van der Waals surface area contributed by atoms with Crippen molar-refractivity contribution in [2.24, 2.45) is 0 Å². The van der Waals surface area contributed by atoms with E-state index >= 15 is 0 Å². The van der Waals surface area contributed by atoms with Gasteiger partial charge in [-0.05, 0) is 19.3 Å². The third-order valence-corrected chi connectivity index (χ3v) is 6.20. The van der Waals surface area contributed by atoms with Crippen LogP contribution in [-0.4, -0.2) is 45.7 Å². The first-order valence-electron chi connectivity index (χ1n) is 12.9. The van der Waals surface area contributed by atoms with Crippen molar-refractivity contribution in [3.8, 4) is 0 Å². The highest BCUT2D eigenvalue weighted by molar-refractivity contribution is 5.82. The average molecular weight is 441 g/mol. The van der Waals surface area contributed by atoms with E-state index in [1.807, 2.05) is 0 Å². The molecule has 0 saturated carbocycles. The summed E-state index contributed by atoms with van der Waals surface area (Å²) in [6.07, 6.45) is 19.9. The van der Waals surface area contributed by atoms with Gasteiger partial charge in [-0.15, -0.1) is 0 Å². The van der Waals surface area contributed by atoms with Crippen molar-refractivity contribution in [3.05, 3.63) is 12.2 Å². The Bertz CT molecular complexity index is 465. The molecule has 0 aromatic carbocycles. The van der Waals surface area contributed by atoms with E-state index in [0.29, 0.717) is 25.7 Å². The standard InChI is InChI=1S/C26H48O5/c1-2-3-4-5-6-7-8-9-10-11-12-13-14-16-22(27)19-23(28)20-24(29)21-25-17-15-18-26(30)31-25/h15,18,22-25,27-29H,2-14,16-17,19-21H2,1H3. The summed E-state index contributed by atoms with van der Waals surface area (Å²) in [7, 11) is 0. The van der Waals surface area contributed by atoms with Crippen LogP contribution in [0.15, 0.2) is 12.2 Å². The molecule has 3 N–H and O–H groups in total. The molecule has 31 heavy (non-hydrogen) atoms. The molecule has 5 nitrogen and oxygen atoms in total. The van der Waals surface area contributed by atoms with Gasteiger partial charge in [0.2, 0.25) is 0 Å². The molecule has 182 valence electrons. The number of aliphatic hydroxyl groups is 3. The summed E-state index contributed by atoms with van der Waals surface area (Å²) in [5, 5.41) is 30.4. The molecule has 1 rings (SSSR count). The molecule has 0 bridgehead atoms. The van der Waals surface area contributed by atoms with Crippen LogP contribution in [0.4, 0.5) is 0 Å². The number of carbonyl (C=O) groups is 1. The molecule has 0 saturated heterocycles. The first kappa shape index (κ1) is 28.1. The lowest BCUT2D eigenvalue weighted by molar-refractivity contribution is -0.145. The fourth-order valence-corrected chi connectivity index (χ4v) is 4.35. The van der Waals surface area contributed by atoms with Gasteiger partial charge < -0.3 is 20.1 Å². The number of cyclic esters (lactones) is 1. The van der Waals surface area contributed by atoms with E-state index < -0.39 is 18.3 Å². The van der Waals surface area contributed by atoms with Gasteiger partial charge in [-0.3, -0.25) is 0 Å². The Morgan fingerprint density at radius 3 is 1.87 bits per heavy atom. The Balaban J connectivity index is 1.91. The predicted octanol–water partition coefficient (Wildman–Crippen LogP) is 5.59. The number of carbonyl (C=O) groups excluding carboxylic acids is 1. The molecule has 1 aliphatic heterocycles. The summed E-state index contributed by atoms with van der Waals surface area (Å²) in [5.74, 6) is -0.378. The number of unbranched alkanes of at least 4 members (excludes halogenated alkanes) is 12. The monoisotopic (exact) mass is 440 g/mol. The van der Waals surface area contributed by atoms with Crippen LogP contribution >= 0.6 is 0 Å². The molecular formula is C26H48O5. The lowest BCUT2D eigenvalue weighted by atomic mass is 9.97. The SMILES string of the molecule is CCCCCCCCCCCCCCCC(O)CC(O)CC(O)CC1CC=CC(=O)O1. The molecule has 1 aliphatic rings. The third kappa shape index (κ3) is 16.4. The maximum absolute atomic E-state index is 11.2. The van der Waals surface area contributed by atoms with E-state index in [-0.39, 0.29) is 18.5 Å². The van der Waals surface area contributed by atoms with Crippen molar-refractivity contribution in [3.63, 3.8) is 0 Å². The summed E-state index contributed by atoms with van der Waals surface area (Å²) in [6.45, 7) is 2.26. The molecule has 5 heteroatoms. The quantitative estimate of drug-likeness (QED) is 0.170. The molecule has 0 aliphatic carbocycles. The van der Waals surface area contributed by atoms with E-state index in [0.717, 1.165) is 12.8 Å². The maximum atomic E-state index is 11.2. The lowest BCUT2D eigenvalue weighted by Crippen LogP contribution is -2.28. The van der Waals surface area contributed by atoms with Gasteiger partial charge in [0.1, 0.15) is 6.10 Å². The number of hydrogen-bond donors (Lipinski definition) is 3. The molecule has 0 spiro atoms. The van der Waals surface area contributed by atoms with Crippen LogP contribution < -0.4 is 0 Å². The summed E-state index contributed by atoms with van der Waals surface area (Å²) in [6, 6.07) is 0. The first-order chi connectivity index (χ1) is 15.0. The van der Waals surface area contributed by atoms with Crippen molar-refractivity contribution < 1.29 is 24.9 Å². The van der Waals surface area contributed by atoms with Crippen molar-refractivity contribution in [1.82, 2.24) is 0 Å². The lowest BCUT2D eigenvalue weighted by Gasteiger charge is -2.23. The highest BCUT2D eigenvalue weighted by atomic mass is 16.5. The molecule has 0 aromatic heterocycles. The minimum absolute atomic E-state index is 0.202. The molecule has 4 unspecified atom stereocenters. The van der Waals surface area contributed by atoms with Crippen LogP contribution in [0.2, 0.25) is 0 Å². The van der Waals surface area contributed by atoms with Gasteiger partial charge in [0, 0.05) is 18.9 Å². The Labute approximate surface area is 190 Å². The number of esters is 1. The van der Waals surface area contributed by atoms with Crippen molar-refractivity contribution in [2.75, 3.05) is 0 Å². The second-order valence-electron chi connectivity index (χ2n) is 9.40. The number of aliphatic hydroxyl groups excluding tert-OH is 3. The highest BCUT2D eigenvalue weighted by Crippen LogP contribution is 2.19. The van der Waals surface area contributed by atoms with Gasteiger partial charge in [-0.25, -0.2) is 4.79 Å². The van der Waals surface area contributed by atoms with Gasteiger partial charge in [0.25, 0.3) is 0 Å². The van der Waals surface area contributed by atoms with Gasteiger partial charge >= 0.3 is 5.97 Å². The summed E-state index contributed by atoms with van der Waals surface area (Å²) >= 11 is 0. The number of hydrogen-bond acceptors (Lipinski definition) is 5. The first-order valence-corrected chi connectivity index (χ1v) is 12.9. The fraction of sp³-hybridized carbons (Fsp3) is 0.885. The molecular weight excluding hydrogens is 392 g/mol. The molecule has 0 radical (unpaired) electrons. The zero-order valence-electron chi connectivity index (χ0n) is 19.9. The van der Waals surface area contributed by atoms with Crippen molar-refractivity contribution in [2.45, 2.75) is 147 Å². The minimum atomic E-state index is -0.734. The normalized spacial score (nSPS) is 19.2. The van der Waals surface area contributed by atoms with E-state index in [1.54, 1.807) is 6.08 Å². The van der Waals surface area contributed by atoms with Gasteiger partial charge in [0.15, 0.2) is 0 Å². The number of ether oxygens (including phenoxy) is 1. The minimum Gasteiger partial charge on any atom is -0.459 e. The molecule has 4 atom stereocenters. The van der Waals surface area contributed by atoms with Crippen LogP contribution in [0.25, 0.3) is 0 Å². The zero-order valence-corrected chi connectivity index (χ0v) is 19.9. The smallest absolute Gasteiger partial charge is 0.330 e. The Hall–Kier alpha value is -0.910. The van der Waals surface area contributed by atoms with Crippen LogP contribution in [0.5, 0.6) is 0 Å². The molecule has 0 fully saturated rings. The summed E-state index contributed by atoms with van der Waals surface area (Å²) < 4.78 is 5.13. The van der Waals surface area contributed by atoms with Crippen LogP contribution in [0.1, 0.15) is 122 Å². The topological polar surface area (TPSA) is 87.0 Å². The Kier molecular flexibility index (Phi) is 16.9. The van der Waals surface area contributed by atoms with E-state index in [4.69, 9.17) is 4.74 Å². The predicted molar refractivity (Wildman–Crippen MR) is 126 cm³/mol. The molecule has 1 heterocycles. The summed E-state index contributed by atoms with van der Waals surface area (Å²) in [5.41, 5.74) is 0. The van der Waals surface area contributed by atoms with Gasteiger partial charge in [0.05, 0.1) is 18.3 Å². The number of rotatable bonds is 20. The van der Waals surface area contributed by atoms with Crippen molar-refractivity contribution >= 4 is 5.97 Å². The maximum Gasteiger partial charge on any atom is 0.330 e. The highest BCUT2D eigenvalue weighted by Gasteiger charge is 2.22. The van der Waals surface area contributed by atoms with Crippen LogP contribution in [0, 0.1) is 0 Å². The van der Waals surface area contributed by atoms with E-state index in [1.165, 1.54) is 76.7 Å². The van der Waals surface area contributed by atoms with Crippen molar-refractivity contribution in [1.29, 1.82) is 0 Å². The van der Waals surface area contributed by atoms with E-state index in [2.05, 4.69) is 6.92 Å².